The Hall–Kier alpha value is -1.39. The number of aryl methyl sites for hydroxylation is 2. The molecule has 1 heterocycles. The van der Waals surface area contributed by atoms with Crippen LogP contribution in [0.25, 0.3) is 0 Å². The summed E-state index contributed by atoms with van der Waals surface area (Å²) in [5.74, 6) is 0.131. The number of quaternary nitrogens is 2. The van der Waals surface area contributed by atoms with Gasteiger partial charge >= 0.3 is 0 Å². The van der Waals surface area contributed by atoms with Crippen LogP contribution in [0.4, 0.5) is 5.69 Å². The second-order valence-corrected chi connectivity index (χ2v) is 5.90. The number of benzene rings is 1. The molecule has 4 nitrogen and oxygen atoms in total. The summed E-state index contributed by atoms with van der Waals surface area (Å²) in [6.07, 6.45) is 0. The predicted octanol–water partition coefficient (Wildman–Crippen LogP) is -0.955. The summed E-state index contributed by atoms with van der Waals surface area (Å²) >= 11 is 0. The van der Waals surface area contributed by atoms with E-state index in [0.717, 1.165) is 24.3 Å². The zero-order valence-electron chi connectivity index (χ0n) is 12.9. The van der Waals surface area contributed by atoms with Crippen molar-refractivity contribution in [2.75, 3.05) is 44.6 Å². The van der Waals surface area contributed by atoms with Gasteiger partial charge in [0.1, 0.15) is 26.2 Å². The summed E-state index contributed by atoms with van der Waals surface area (Å²) in [6.45, 7) is 12.7. The van der Waals surface area contributed by atoms with Crippen LogP contribution in [0.2, 0.25) is 0 Å². The molecule has 4 heteroatoms. The molecule has 1 saturated heterocycles. The quantitative estimate of drug-likeness (QED) is 0.652. The molecule has 110 valence electrons. The molecular weight excluding hydrogens is 250 g/mol. The summed E-state index contributed by atoms with van der Waals surface area (Å²) in [5.41, 5.74) is 3.30. The van der Waals surface area contributed by atoms with E-state index in [-0.39, 0.29) is 5.91 Å². The fourth-order valence-electron chi connectivity index (χ4n) is 2.86. The third kappa shape index (κ3) is 4.05. The van der Waals surface area contributed by atoms with Gasteiger partial charge in [-0.05, 0) is 32.4 Å². The molecule has 2 rings (SSSR count). The van der Waals surface area contributed by atoms with Crippen molar-refractivity contribution in [3.63, 3.8) is 0 Å². The number of rotatable bonds is 4. The van der Waals surface area contributed by atoms with Gasteiger partial charge in [-0.15, -0.1) is 0 Å². The van der Waals surface area contributed by atoms with Crippen molar-refractivity contribution in [3.8, 4) is 0 Å². The molecule has 0 radical (unpaired) electrons. The van der Waals surface area contributed by atoms with E-state index in [0.29, 0.717) is 6.54 Å². The molecule has 0 aromatic heterocycles. The van der Waals surface area contributed by atoms with E-state index in [9.17, 15) is 4.79 Å². The molecule has 0 unspecified atom stereocenters. The van der Waals surface area contributed by atoms with Crippen LogP contribution in [0.1, 0.15) is 18.1 Å². The number of piperazine rings is 1. The molecule has 1 amide bonds. The third-order valence-corrected chi connectivity index (χ3v) is 4.23. The molecular formula is C16H27N3O+2. The van der Waals surface area contributed by atoms with Gasteiger partial charge in [0.05, 0.1) is 6.54 Å². The van der Waals surface area contributed by atoms with Crippen LogP contribution in [-0.4, -0.2) is 45.2 Å². The summed E-state index contributed by atoms with van der Waals surface area (Å²) in [6, 6.07) is 6.14. The Bertz CT molecular complexity index is 465. The molecule has 0 aliphatic carbocycles. The van der Waals surface area contributed by atoms with Crippen LogP contribution in [0, 0.1) is 13.8 Å². The van der Waals surface area contributed by atoms with Gasteiger partial charge in [-0.3, -0.25) is 4.79 Å². The van der Waals surface area contributed by atoms with E-state index < -0.39 is 0 Å². The molecule has 1 aliphatic rings. The van der Waals surface area contributed by atoms with Crippen LogP contribution >= 0.6 is 0 Å². The Labute approximate surface area is 121 Å². The maximum Gasteiger partial charge on any atom is 0.279 e. The fourth-order valence-corrected chi connectivity index (χ4v) is 2.86. The van der Waals surface area contributed by atoms with Crippen molar-refractivity contribution in [1.29, 1.82) is 0 Å². The zero-order valence-corrected chi connectivity index (χ0v) is 12.9. The summed E-state index contributed by atoms with van der Waals surface area (Å²) in [4.78, 5) is 15.2. The van der Waals surface area contributed by atoms with E-state index in [2.05, 4.69) is 25.2 Å². The molecule has 3 N–H and O–H groups in total. The highest BCUT2D eigenvalue weighted by atomic mass is 16.2. The van der Waals surface area contributed by atoms with Gasteiger partial charge in [0, 0.05) is 5.69 Å². The maximum atomic E-state index is 12.1. The van der Waals surface area contributed by atoms with Gasteiger partial charge in [0.25, 0.3) is 5.91 Å². The average molecular weight is 277 g/mol. The minimum atomic E-state index is 0.131. The monoisotopic (exact) mass is 277 g/mol. The van der Waals surface area contributed by atoms with E-state index >= 15 is 0 Å². The fraction of sp³-hybridized carbons (Fsp3) is 0.562. The third-order valence-electron chi connectivity index (χ3n) is 4.23. The lowest BCUT2D eigenvalue weighted by Gasteiger charge is -2.28. The molecule has 20 heavy (non-hydrogen) atoms. The smallest absolute Gasteiger partial charge is 0.279 e. The van der Waals surface area contributed by atoms with Crippen molar-refractivity contribution >= 4 is 11.6 Å². The number of hydrogen-bond donors (Lipinski definition) is 3. The minimum Gasteiger partial charge on any atom is -0.326 e. The first-order chi connectivity index (χ1) is 9.58. The van der Waals surface area contributed by atoms with Gasteiger partial charge in [-0.1, -0.05) is 17.7 Å². The van der Waals surface area contributed by atoms with Crippen LogP contribution < -0.4 is 15.1 Å². The van der Waals surface area contributed by atoms with Gasteiger partial charge in [-0.2, -0.15) is 0 Å². The highest BCUT2D eigenvalue weighted by Gasteiger charge is 2.23. The number of carbonyl (C=O) groups is 1. The molecule has 0 spiro atoms. The van der Waals surface area contributed by atoms with Crippen LogP contribution in [0.3, 0.4) is 0 Å². The molecule has 1 aromatic carbocycles. The van der Waals surface area contributed by atoms with Crippen LogP contribution in [0.15, 0.2) is 18.2 Å². The Morgan fingerprint density at radius 2 is 1.80 bits per heavy atom. The van der Waals surface area contributed by atoms with E-state index in [4.69, 9.17) is 0 Å². The summed E-state index contributed by atoms with van der Waals surface area (Å²) in [7, 11) is 0. The highest BCUT2D eigenvalue weighted by Crippen LogP contribution is 2.15. The van der Waals surface area contributed by atoms with Crippen LogP contribution in [-0.2, 0) is 4.79 Å². The SMILES string of the molecule is CC[NH+]1CC[NH+](CC(=O)Nc2ccc(C)cc2C)CC1. The standard InChI is InChI=1S/C16H25N3O/c1-4-18-7-9-19(10-8-18)12-16(20)17-15-6-5-13(2)11-14(15)3/h5-6,11H,4,7-10,12H2,1-3H3,(H,17,20)/p+2. The van der Waals surface area contributed by atoms with Crippen LogP contribution in [0.5, 0.6) is 0 Å². The summed E-state index contributed by atoms with van der Waals surface area (Å²) < 4.78 is 0. The van der Waals surface area contributed by atoms with Gasteiger partial charge in [0.15, 0.2) is 6.54 Å². The molecule has 1 aliphatic heterocycles. The normalized spacial score (nSPS) is 22.6. The Balaban J connectivity index is 1.84. The van der Waals surface area contributed by atoms with Crippen molar-refractivity contribution in [2.45, 2.75) is 20.8 Å². The van der Waals surface area contributed by atoms with Crippen molar-refractivity contribution < 1.29 is 14.6 Å². The second kappa shape index (κ2) is 6.86. The molecule has 0 bridgehead atoms. The number of carbonyl (C=O) groups excluding carboxylic acids is 1. The molecule has 1 fully saturated rings. The maximum absolute atomic E-state index is 12.1. The second-order valence-electron chi connectivity index (χ2n) is 5.90. The van der Waals surface area contributed by atoms with E-state index in [1.165, 1.54) is 30.1 Å². The lowest BCUT2D eigenvalue weighted by molar-refractivity contribution is -1.01. The number of hydrogen-bond acceptors (Lipinski definition) is 1. The first-order valence-corrected chi connectivity index (χ1v) is 7.62. The zero-order chi connectivity index (χ0) is 14.5. The summed E-state index contributed by atoms with van der Waals surface area (Å²) in [5, 5.41) is 3.04. The number of anilines is 1. The number of nitrogens with one attached hydrogen (secondary N) is 3. The average Bonchev–Trinajstić information content (AvgIpc) is 2.43. The first kappa shape index (κ1) is 15.0. The largest absolute Gasteiger partial charge is 0.326 e. The van der Waals surface area contributed by atoms with Gasteiger partial charge < -0.3 is 15.1 Å². The molecule has 0 saturated carbocycles. The van der Waals surface area contributed by atoms with Crippen molar-refractivity contribution in [3.05, 3.63) is 29.3 Å². The Kier molecular flexibility index (Phi) is 5.15. The lowest BCUT2D eigenvalue weighted by Crippen LogP contribution is -3.28. The van der Waals surface area contributed by atoms with E-state index in [1.54, 1.807) is 4.90 Å². The first-order valence-electron chi connectivity index (χ1n) is 7.62. The van der Waals surface area contributed by atoms with Crippen molar-refractivity contribution in [2.24, 2.45) is 0 Å². The molecule has 0 atom stereocenters. The predicted molar refractivity (Wildman–Crippen MR) is 81.3 cm³/mol. The molecule has 1 aromatic rings. The van der Waals surface area contributed by atoms with Gasteiger partial charge in [-0.25, -0.2) is 0 Å². The Morgan fingerprint density at radius 3 is 2.40 bits per heavy atom. The minimum absolute atomic E-state index is 0.131. The van der Waals surface area contributed by atoms with Gasteiger partial charge in [0.2, 0.25) is 0 Å². The Morgan fingerprint density at radius 1 is 1.15 bits per heavy atom. The van der Waals surface area contributed by atoms with Crippen molar-refractivity contribution in [1.82, 2.24) is 0 Å². The number of amides is 1. The topological polar surface area (TPSA) is 38.0 Å². The highest BCUT2D eigenvalue weighted by molar-refractivity contribution is 5.92. The lowest BCUT2D eigenvalue weighted by atomic mass is 10.1. The number of likely N-dealkylation sites (N-methyl/N-ethyl adjacent to an activating group) is 1. The van der Waals surface area contributed by atoms with E-state index in [1.807, 2.05) is 19.1 Å².